The Balaban J connectivity index is 1.78. The van der Waals surface area contributed by atoms with Crippen molar-refractivity contribution in [3.8, 4) is 11.1 Å². The number of rotatable bonds is 3. The van der Waals surface area contributed by atoms with E-state index < -0.39 is 6.09 Å². The van der Waals surface area contributed by atoms with Gasteiger partial charge in [-0.15, -0.1) is 0 Å². The number of alkyl carbamates (subject to hydrolysis) is 1. The van der Waals surface area contributed by atoms with Crippen LogP contribution in [0.25, 0.3) is 22.1 Å². The number of amides is 2. The van der Waals surface area contributed by atoms with Gasteiger partial charge in [-0.2, -0.15) is 0 Å². The third-order valence-corrected chi connectivity index (χ3v) is 5.45. The Morgan fingerprint density at radius 3 is 2.70 bits per heavy atom. The van der Waals surface area contributed by atoms with Gasteiger partial charge in [0.2, 0.25) is 5.91 Å². The van der Waals surface area contributed by atoms with Crippen molar-refractivity contribution in [3.05, 3.63) is 54.3 Å². The molecule has 156 valence electrons. The summed E-state index contributed by atoms with van der Waals surface area (Å²) in [7, 11) is 0. The average molecular weight is 406 g/mol. The highest BCUT2D eigenvalue weighted by Gasteiger charge is 2.34. The standard InChI is InChI=1S/C24H26N2O4/c1-14(2)30-24(28)25-21-11-15(3)26(16(4)27)22-10-9-17(12-19(21)22)20-13-29-23-8-6-5-7-18(20)23/h5-10,12-15,21H,11H2,1-4H3,(H,25,28)/t15-,21+/m0/s1. The number of para-hydroxylation sites is 1. The Morgan fingerprint density at radius 2 is 1.97 bits per heavy atom. The van der Waals surface area contributed by atoms with E-state index in [4.69, 9.17) is 9.15 Å². The molecule has 0 spiro atoms. The van der Waals surface area contributed by atoms with Crippen molar-refractivity contribution >= 4 is 28.7 Å². The molecule has 0 fully saturated rings. The van der Waals surface area contributed by atoms with Crippen molar-refractivity contribution in [2.24, 2.45) is 0 Å². The highest BCUT2D eigenvalue weighted by Crippen LogP contribution is 2.41. The third kappa shape index (κ3) is 3.65. The first-order valence-electron chi connectivity index (χ1n) is 10.2. The maximum absolute atomic E-state index is 12.3. The summed E-state index contributed by atoms with van der Waals surface area (Å²) in [6.07, 6.45) is 1.69. The van der Waals surface area contributed by atoms with Crippen LogP contribution in [0.4, 0.5) is 10.5 Å². The number of ether oxygens (including phenoxy) is 1. The summed E-state index contributed by atoms with van der Waals surface area (Å²) in [5.41, 5.74) is 4.48. The second-order valence-electron chi connectivity index (χ2n) is 8.04. The van der Waals surface area contributed by atoms with E-state index in [0.717, 1.165) is 33.3 Å². The number of carbonyl (C=O) groups excluding carboxylic acids is 2. The molecule has 6 nitrogen and oxygen atoms in total. The molecule has 0 bridgehead atoms. The van der Waals surface area contributed by atoms with E-state index in [-0.39, 0.29) is 24.1 Å². The lowest BCUT2D eigenvalue weighted by molar-refractivity contribution is -0.117. The van der Waals surface area contributed by atoms with Crippen molar-refractivity contribution in [2.75, 3.05) is 4.90 Å². The Kier molecular flexibility index (Phi) is 5.24. The third-order valence-electron chi connectivity index (χ3n) is 5.45. The summed E-state index contributed by atoms with van der Waals surface area (Å²) in [4.78, 5) is 26.4. The van der Waals surface area contributed by atoms with Crippen molar-refractivity contribution in [1.29, 1.82) is 0 Å². The molecule has 1 aliphatic heterocycles. The van der Waals surface area contributed by atoms with E-state index in [1.54, 1.807) is 18.1 Å². The van der Waals surface area contributed by atoms with Crippen LogP contribution in [-0.4, -0.2) is 24.1 Å². The minimum absolute atomic E-state index is 0.0199. The number of carbonyl (C=O) groups is 2. The maximum Gasteiger partial charge on any atom is 0.407 e. The van der Waals surface area contributed by atoms with Crippen molar-refractivity contribution in [2.45, 2.75) is 52.3 Å². The first-order chi connectivity index (χ1) is 14.3. The Hall–Kier alpha value is -3.28. The van der Waals surface area contributed by atoms with E-state index in [1.807, 2.05) is 63.2 Å². The molecule has 2 heterocycles. The second-order valence-corrected chi connectivity index (χ2v) is 8.04. The summed E-state index contributed by atoms with van der Waals surface area (Å²) in [5, 5.41) is 4.01. The zero-order valence-corrected chi connectivity index (χ0v) is 17.6. The first kappa shape index (κ1) is 20.0. The SMILES string of the molecule is CC(=O)N1c2ccc(-c3coc4ccccc34)cc2[C@H](NC(=O)OC(C)C)C[C@@H]1C. The van der Waals surface area contributed by atoms with Crippen LogP contribution >= 0.6 is 0 Å². The summed E-state index contributed by atoms with van der Waals surface area (Å²) in [6, 6.07) is 13.6. The van der Waals surface area contributed by atoms with Gasteiger partial charge in [-0.25, -0.2) is 4.79 Å². The minimum Gasteiger partial charge on any atom is -0.464 e. The van der Waals surface area contributed by atoms with Crippen LogP contribution in [0.2, 0.25) is 0 Å². The lowest BCUT2D eigenvalue weighted by atomic mass is 9.89. The fourth-order valence-corrected chi connectivity index (χ4v) is 4.24. The molecule has 0 saturated heterocycles. The quantitative estimate of drug-likeness (QED) is 0.630. The van der Waals surface area contributed by atoms with Gasteiger partial charge in [-0.05, 0) is 56.5 Å². The Bertz CT molecular complexity index is 1100. The van der Waals surface area contributed by atoms with Crippen LogP contribution in [-0.2, 0) is 9.53 Å². The van der Waals surface area contributed by atoms with Gasteiger partial charge < -0.3 is 19.4 Å². The lowest BCUT2D eigenvalue weighted by Gasteiger charge is -2.39. The summed E-state index contributed by atoms with van der Waals surface area (Å²) >= 11 is 0. The Labute approximate surface area is 175 Å². The van der Waals surface area contributed by atoms with Crippen LogP contribution in [0.3, 0.4) is 0 Å². The van der Waals surface area contributed by atoms with E-state index in [0.29, 0.717) is 6.42 Å². The molecule has 4 rings (SSSR count). The van der Waals surface area contributed by atoms with Gasteiger partial charge in [-0.1, -0.05) is 24.3 Å². The van der Waals surface area contributed by atoms with Crippen LogP contribution in [0.5, 0.6) is 0 Å². The molecule has 2 amide bonds. The number of furan rings is 1. The van der Waals surface area contributed by atoms with Gasteiger partial charge in [-0.3, -0.25) is 4.79 Å². The van der Waals surface area contributed by atoms with E-state index in [2.05, 4.69) is 5.32 Å². The molecule has 0 saturated carbocycles. The van der Waals surface area contributed by atoms with Crippen LogP contribution < -0.4 is 10.2 Å². The monoisotopic (exact) mass is 406 g/mol. The molecule has 6 heteroatoms. The molecule has 0 unspecified atom stereocenters. The number of fused-ring (bicyclic) bond motifs is 2. The molecule has 2 aromatic carbocycles. The molecule has 1 N–H and O–H groups in total. The predicted molar refractivity (Wildman–Crippen MR) is 116 cm³/mol. The summed E-state index contributed by atoms with van der Waals surface area (Å²) in [6.45, 7) is 7.19. The lowest BCUT2D eigenvalue weighted by Crippen LogP contribution is -2.45. The number of hydrogen-bond donors (Lipinski definition) is 1. The zero-order valence-electron chi connectivity index (χ0n) is 17.6. The maximum atomic E-state index is 12.3. The molecule has 2 atom stereocenters. The van der Waals surface area contributed by atoms with Gasteiger partial charge in [0, 0.05) is 29.6 Å². The van der Waals surface area contributed by atoms with Gasteiger partial charge in [0.25, 0.3) is 0 Å². The second kappa shape index (κ2) is 7.86. The molecule has 1 aromatic heterocycles. The number of nitrogens with zero attached hydrogens (tertiary/aromatic N) is 1. The van der Waals surface area contributed by atoms with Crippen molar-refractivity contribution in [1.82, 2.24) is 5.32 Å². The van der Waals surface area contributed by atoms with E-state index in [9.17, 15) is 9.59 Å². The fourth-order valence-electron chi connectivity index (χ4n) is 4.24. The number of benzene rings is 2. The molecule has 0 radical (unpaired) electrons. The molecular weight excluding hydrogens is 380 g/mol. The number of nitrogens with one attached hydrogen (secondary N) is 1. The minimum atomic E-state index is -0.455. The van der Waals surface area contributed by atoms with E-state index >= 15 is 0 Å². The molecule has 1 aliphatic rings. The Morgan fingerprint density at radius 1 is 1.20 bits per heavy atom. The van der Waals surface area contributed by atoms with E-state index in [1.165, 1.54) is 0 Å². The first-order valence-corrected chi connectivity index (χ1v) is 10.2. The zero-order chi connectivity index (χ0) is 21.4. The van der Waals surface area contributed by atoms with Crippen LogP contribution in [0.1, 0.15) is 45.7 Å². The molecule has 3 aromatic rings. The van der Waals surface area contributed by atoms with Crippen molar-refractivity contribution in [3.63, 3.8) is 0 Å². The summed E-state index contributed by atoms with van der Waals surface area (Å²) in [5.74, 6) is -0.0199. The molecular formula is C24H26N2O4. The molecule has 0 aliphatic carbocycles. The average Bonchev–Trinajstić information content (AvgIpc) is 3.11. The molecule has 30 heavy (non-hydrogen) atoms. The number of hydrogen-bond acceptors (Lipinski definition) is 4. The largest absolute Gasteiger partial charge is 0.464 e. The van der Waals surface area contributed by atoms with Gasteiger partial charge in [0.1, 0.15) is 5.58 Å². The van der Waals surface area contributed by atoms with Gasteiger partial charge in [0.15, 0.2) is 0 Å². The van der Waals surface area contributed by atoms with Crippen molar-refractivity contribution < 1.29 is 18.7 Å². The smallest absolute Gasteiger partial charge is 0.407 e. The highest BCUT2D eigenvalue weighted by molar-refractivity contribution is 5.97. The predicted octanol–water partition coefficient (Wildman–Crippen LogP) is 5.42. The highest BCUT2D eigenvalue weighted by atomic mass is 16.6. The number of anilines is 1. The van der Waals surface area contributed by atoms with Crippen LogP contribution in [0, 0.1) is 0 Å². The van der Waals surface area contributed by atoms with Gasteiger partial charge >= 0.3 is 6.09 Å². The summed E-state index contributed by atoms with van der Waals surface area (Å²) < 4.78 is 11.0. The van der Waals surface area contributed by atoms with Crippen LogP contribution in [0.15, 0.2) is 53.1 Å². The normalized spacial score (nSPS) is 18.4. The van der Waals surface area contributed by atoms with Gasteiger partial charge in [0.05, 0.1) is 18.4 Å². The fraction of sp³-hybridized carbons (Fsp3) is 0.333. The topological polar surface area (TPSA) is 71.8 Å².